The van der Waals surface area contributed by atoms with Gasteiger partial charge in [0, 0.05) is 17.1 Å². The molecule has 2 aromatic heterocycles. The van der Waals surface area contributed by atoms with Crippen molar-refractivity contribution in [2.75, 3.05) is 7.11 Å². The molecule has 0 unspecified atom stereocenters. The topological polar surface area (TPSA) is 57.0 Å². The number of aryl methyl sites for hydroxylation is 1. The van der Waals surface area contributed by atoms with Crippen LogP contribution in [0.25, 0.3) is 10.9 Å². The fourth-order valence-corrected chi connectivity index (χ4v) is 2.25. The third-order valence-electron chi connectivity index (χ3n) is 3.26. The molecule has 5 nitrogen and oxygen atoms in total. The van der Waals surface area contributed by atoms with Crippen molar-refractivity contribution in [2.24, 2.45) is 0 Å². The van der Waals surface area contributed by atoms with Gasteiger partial charge < -0.3 is 4.74 Å². The molecule has 21 heavy (non-hydrogen) atoms. The second-order valence-electron chi connectivity index (χ2n) is 4.80. The van der Waals surface area contributed by atoms with Crippen molar-refractivity contribution in [1.82, 2.24) is 14.5 Å². The lowest BCUT2D eigenvalue weighted by molar-refractivity contribution is 0.349. The maximum Gasteiger partial charge on any atom is 0.299 e. The van der Waals surface area contributed by atoms with E-state index in [9.17, 15) is 4.79 Å². The number of fused-ring (bicyclic) bond motifs is 1. The van der Waals surface area contributed by atoms with Crippen LogP contribution in [0.1, 0.15) is 11.4 Å². The highest BCUT2D eigenvalue weighted by molar-refractivity contribution is 5.78. The van der Waals surface area contributed by atoms with E-state index < -0.39 is 0 Å². The number of benzene rings is 1. The van der Waals surface area contributed by atoms with Crippen LogP contribution in [0, 0.1) is 6.92 Å². The maximum atomic E-state index is 12.1. The monoisotopic (exact) mass is 281 g/mol. The van der Waals surface area contributed by atoms with Gasteiger partial charge in [-0.2, -0.15) is 0 Å². The van der Waals surface area contributed by atoms with Gasteiger partial charge in [0.1, 0.15) is 0 Å². The highest BCUT2D eigenvalue weighted by Gasteiger charge is 2.09. The van der Waals surface area contributed by atoms with E-state index in [0.29, 0.717) is 18.2 Å². The number of nitrogens with zero attached hydrogens (tertiary/aromatic N) is 3. The minimum absolute atomic E-state index is 0.144. The number of para-hydroxylation sites is 1. The standard InChI is InChI=1S/C16H15N3O2/c1-11-9-15(20)19(16(17-11)21-2)10-13-8-7-12-5-3-4-6-14(12)18-13/h3-9H,10H2,1-2H3. The molecule has 0 saturated heterocycles. The van der Waals surface area contributed by atoms with Gasteiger partial charge in [0.2, 0.25) is 0 Å². The van der Waals surface area contributed by atoms with E-state index in [1.807, 2.05) is 36.4 Å². The highest BCUT2D eigenvalue weighted by atomic mass is 16.5. The molecule has 0 aliphatic heterocycles. The number of pyridine rings is 1. The Morgan fingerprint density at radius 1 is 1.14 bits per heavy atom. The molecular weight excluding hydrogens is 266 g/mol. The lowest BCUT2D eigenvalue weighted by Gasteiger charge is -2.11. The van der Waals surface area contributed by atoms with Crippen LogP contribution in [0.2, 0.25) is 0 Å². The zero-order valence-corrected chi connectivity index (χ0v) is 11.9. The van der Waals surface area contributed by atoms with E-state index >= 15 is 0 Å². The van der Waals surface area contributed by atoms with Crippen LogP contribution in [0.4, 0.5) is 0 Å². The number of methoxy groups -OCH3 is 1. The molecule has 0 aliphatic rings. The molecule has 0 saturated carbocycles. The molecule has 0 fully saturated rings. The van der Waals surface area contributed by atoms with Gasteiger partial charge in [-0.1, -0.05) is 24.3 Å². The molecule has 0 N–H and O–H groups in total. The van der Waals surface area contributed by atoms with E-state index in [2.05, 4.69) is 9.97 Å². The van der Waals surface area contributed by atoms with Crippen LogP contribution >= 0.6 is 0 Å². The normalized spacial score (nSPS) is 10.8. The molecule has 0 bridgehead atoms. The number of aromatic nitrogens is 3. The van der Waals surface area contributed by atoms with Crippen molar-refractivity contribution in [3.05, 3.63) is 64.2 Å². The minimum atomic E-state index is -0.144. The van der Waals surface area contributed by atoms with Crippen LogP contribution in [-0.2, 0) is 6.54 Å². The number of rotatable bonds is 3. The third kappa shape index (κ3) is 2.63. The molecule has 0 spiro atoms. The Bertz CT molecular complexity index is 856. The number of ether oxygens (including phenoxy) is 1. The number of hydrogen-bond acceptors (Lipinski definition) is 4. The Morgan fingerprint density at radius 2 is 1.95 bits per heavy atom. The van der Waals surface area contributed by atoms with Crippen molar-refractivity contribution < 1.29 is 4.74 Å². The van der Waals surface area contributed by atoms with E-state index in [1.54, 1.807) is 6.92 Å². The average Bonchev–Trinajstić information content (AvgIpc) is 2.49. The minimum Gasteiger partial charge on any atom is -0.468 e. The van der Waals surface area contributed by atoms with Crippen molar-refractivity contribution >= 4 is 10.9 Å². The first-order valence-corrected chi connectivity index (χ1v) is 6.64. The fraction of sp³-hybridized carbons (Fsp3) is 0.188. The lowest BCUT2D eigenvalue weighted by atomic mass is 10.2. The first kappa shape index (κ1) is 13.3. The second-order valence-corrected chi connectivity index (χ2v) is 4.80. The maximum absolute atomic E-state index is 12.1. The van der Waals surface area contributed by atoms with Crippen molar-refractivity contribution in [2.45, 2.75) is 13.5 Å². The lowest BCUT2D eigenvalue weighted by Crippen LogP contribution is -2.23. The van der Waals surface area contributed by atoms with Gasteiger partial charge >= 0.3 is 0 Å². The van der Waals surface area contributed by atoms with Gasteiger partial charge in [-0.25, -0.2) is 4.98 Å². The molecule has 3 aromatic rings. The summed E-state index contributed by atoms with van der Waals surface area (Å²) < 4.78 is 6.67. The average molecular weight is 281 g/mol. The second kappa shape index (κ2) is 5.36. The molecule has 3 rings (SSSR count). The molecule has 0 atom stereocenters. The Morgan fingerprint density at radius 3 is 2.76 bits per heavy atom. The van der Waals surface area contributed by atoms with Gasteiger partial charge in [0.25, 0.3) is 11.6 Å². The first-order valence-electron chi connectivity index (χ1n) is 6.64. The molecule has 106 valence electrons. The first-order chi connectivity index (χ1) is 10.2. The summed E-state index contributed by atoms with van der Waals surface area (Å²) in [5.41, 5.74) is 2.19. The summed E-state index contributed by atoms with van der Waals surface area (Å²) in [5.74, 6) is 0. The predicted octanol–water partition coefficient (Wildman–Crippen LogP) is 2.16. The van der Waals surface area contributed by atoms with Gasteiger partial charge in [0.15, 0.2) is 0 Å². The Kier molecular flexibility index (Phi) is 3.39. The van der Waals surface area contributed by atoms with Gasteiger partial charge in [-0.3, -0.25) is 14.3 Å². The van der Waals surface area contributed by atoms with Crippen molar-refractivity contribution in [1.29, 1.82) is 0 Å². The smallest absolute Gasteiger partial charge is 0.299 e. The molecule has 1 aromatic carbocycles. The summed E-state index contributed by atoms with van der Waals surface area (Å²) in [7, 11) is 1.51. The molecule has 0 aliphatic carbocycles. The van der Waals surface area contributed by atoms with E-state index in [1.165, 1.54) is 17.7 Å². The quantitative estimate of drug-likeness (QED) is 0.738. The third-order valence-corrected chi connectivity index (χ3v) is 3.26. The van der Waals surface area contributed by atoms with Crippen LogP contribution in [0.5, 0.6) is 6.01 Å². The summed E-state index contributed by atoms with van der Waals surface area (Å²) >= 11 is 0. The summed E-state index contributed by atoms with van der Waals surface area (Å²) in [6.45, 7) is 2.10. The van der Waals surface area contributed by atoms with Crippen LogP contribution < -0.4 is 10.3 Å². The van der Waals surface area contributed by atoms with Crippen LogP contribution in [0.3, 0.4) is 0 Å². The fourth-order valence-electron chi connectivity index (χ4n) is 2.25. The summed E-state index contributed by atoms with van der Waals surface area (Å²) in [6.07, 6.45) is 0. The van der Waals surface area contributed by atoms with Gasteiger partial charge in [-0.05, 0) is 19.1 Å². The summed E-state index contributed by atoms with van der Waals surface area (Å²) in [6, 6.07) is 13.6. The summed E-state index contributed by atoms with van der Waals surface area (Å²) in [5, 5.41) is 1.07. The van der Waals surface area contributed by atoms with Crippen molar-refractivity contribution in [3.63, 3.8) is 0 Å². The molecule has 0 radical (unpaired) electrons. The zero-order chi connectivity index (χ0) is 14.8. The predicted molar refractivity (Wildman–Crippen MR) is 80.6 cm³/mol. The SMILES string of the molecule is COc1nc(C)cc(=O)n1Cc1ccc2ccccc2n1. The number of hydrogen-bond donors (Lipinski definition) is 0. The Labute approximate surface area is 121 Å². The van der Waals surface area contributed by atoms with E-state index in [4.69, 9.17) is 4.74 Å². The highest BCUT2D eigenvalue weighted by Crippen LogP contribution is 2.13. The largest absolute Gasteiger partial charge is 0.468 e. The molecular formula is C16H15N3O2. The Balaban J connectivity index is 2.04. The van der Waals surface area contributed by atoms with Crippen LogP contribution in [0.15, 0.2) is 47.3 Å². The summed E-state index contributed by atoms with van der Waals surface area (Å²) in [4.78, 5) is 20.9. The molecule has 2 heterocycles. The van der Waals surface area contributed by atoms with E-state index in [-0.39, 0.29) is 5.56 Å². The Hall–Kier alpha value is -2.69. The van der Waals surface area contributed by atoms with Gasteiger partial charge in [0.05, 0.1) is 24.9 Å². The molecule has 5 heteroatoms. The van der Waals surface area contributed by atoms with E-state index in [0.717, 1.165) is 16.6 Å². The molecule has 0 amide bonds. The van der Waals surface area contributed by atoms with Crippen LogP contribution in [-0.4, -0.2) is 21.6 Å². The van der Waals surface area contributed by atoms with Crippen molar-refractivity contribution in [3.8, 4) is 6.01 Å². The van der Waals surface area contributed by atoms with Gasteiger partial charge in [-0.15, -0.1) is 0 Å². The zero-order valence-electron chi connectivity index (χ0n) is 11.9.